The number of carbonyl (C=O) groups is 2. The summed E-state index contributed by atoms with van der Waals surface area (Å²) in [7, 11) is -2.91. The molecule has 120 valence electrons. The summed E-state index contributed by atoms with van der Waals surface area (Å²) in [5, 5.41) is 8.57. The van der Waals surface area contributed by atoms with Crippen LogP contribution in [0.25, 0.3) is 0 Å². The van der Waals surface area contributed by atoms with Gasteiger partial charge in [-0.05, 0) is 13.3 Å². The Bertz CT molecular complexity index is 526. The lowest BCUT2D eigenvalue weighted by Gasteiger charge is -2.47. The van der Waals surface area contributed by atoms with Gasteiger partial charge in [-0.15, -0.1) is 11.8 Å². The number of rotatable bonds is 6. The zero-order valence-corrected chi connectivity index (χ0v) is 13.4. The molecule has 0 aromatic carbocycles. The van der Waals surface area contributed by atoms with E-state index >= 15 is 0 Å². The number of hydrogen-bond acceptors (Lipinski definition) is 6. The van der Waals surface area contributed by atoms with Crippen molar-refractivity contribution in [3.05, 3.63) is 0 Å². The lowest BCUT2D eigenvalue weighted by Crippen LogP contribution is -2.63. The molecule has 0 aromatic rings. The molecule has 2 fully saturated rings. The van der Waals surface area contributed by atoms with E-state index in [0.29, 0.717) is 19.5 Å². The zero-order chi connectivity index (χ0) is 15.7. The van der Waals surface area contributed by atoms with Crippen molar-refractivity contribution in [3.63, 3.8) is 0 Å². The molecule has 2 saturated heterocycles. The van der Waals surface area contributed by atoms with Crippen LogP contribution >= 0.6 is 11.8 Å². The van der Waals surface area contributed by atoms with E-state index in [-0.39, 0.29) is 35.0 Å². The second kappa shape index (κ2) is 6.13. The summed E-state index contributed by atoms with van der Waals surface area (Å²) in [5.74, 6) is -0.455. The molecule has 1 N–H and O–H groups in total. The normalized spacial score (nSPS) is 26.3. The molecule has 2 aliphatic rings. The van der Waals surface area contributed by atoms with Crippen LogP contribution in [0.3, 0.4) is 0 Å². The molecule has 9 heteroatoms. The number of amides is 1. The molecule has 0 spiro atoms. The number of carbonyl (C=O) groups excluding carboxylic acids is 1. The van der Waals surface area contributed by atoms with Gasteiger partial charge in [-0.2, -0.15) is 0 Å². The summed E-state index contributed by atoms with van der Waals surface area (Å²) >= 11 is 1.39. The molecule has 0 aliphatic carbocycles. The maximum Gasteiger partial charge on any atom is 0.329 e. The first-order valence-electron chi connectivity index (χ1n) is 6.65. The average Bonchev–Trinajstić information content (AvgIpc) is 2.70. The Hall–Kier alpha value is -0.800. The largest absolute Gasteiger partial charge is 0.480 e. The maximum atomic E-state index is 12.0. The molecule has 2 aliphatic heterocycles. The zero-order valence-electron chi connectivity index (χ0n) is 11.8. The molecule has 0 radical (unpaired) electrons. The quantitative estimate of drug-likeness (QED) is 0.704. The third-order valence-electron chi connectivity index (χ3n) is 3.58. The fourth-order valence-corrected chi connectivity index (χ4v) is 5.98. The molecular formula is C12H19NO6S2. The van der Waals surface area contributed by atoms with Crippen molar-refractivity contribution in [3.8, 4) is 0 Å². The number of hydrogen-bond donors (Lipinski definition) is 1. The molecule has 0 saturated carbocycles. The van der Waals surface area contributed by atoms with E-state index in [2.05, 4.69) is 0 Å². The van der Waals surface area contributed by atoms with Crippen LogP contribution in [-0.2, 0) is 24.2 Å². The van der Waals surface area contributed by atoms with Gasteiger partial charge in [0.15, 0.2) is 9.84 Å². The molecular weight excluding hydrogens is 318 g/mol. The van der Waals surface area contributed by atoms with Crippen molar-refractivity contribution >= 4 is 33.5 Å². The molecule has 2 heterocycles. The van der Waals surface area contributed by atoms with Crippen molar-refractivity contribution < 1.29 is 27.9 Å². The third-order valence-corrected chi connectivity index (χ3v) is 6.85. The topological polar surface area (TPSA) is 101 Å². The molecule has 1 unspecified atom stereocenters. The molecule has 2 rings (SSSR count). The minimum Gasteiger partial charge on any atom is -0.480 e. The van der Waals surface area contributed by atoms with Gasteiger partial charge in [0.05, 0.1) is 30.3 Å². The summed E-state index contributed by atoms with van der Waals surface area (Å²) in [5.41, 5.74) is -0.588. The lowest BCUT2D eigenvalue weighted by molar-refractivity contribution is -0.171. The van der Waals surface area contributed by atoms with E-state index < -0.39 is 21.4 Å². The second-order valence-corrected chi connectivity index (χ2v) is 9.24. The molecule has 7 nitrogen and oxygen atoms in total. The number of carboxylic acid groups (broad SMARTS) is 1. The van der Waals surface area contributed by atoms with Crippen LogP contribution in [0.4, 0.5) is 0 Å². The van der Waals surface area contributed by atoms with Gasteiger partial charge in [0.2, 0.25) is 5.91 Å². The van der Waals surface area contributed by atoms with Gasteiger partial charge in [-0.1, -0.05) is 0 Å². The molecule has 0 bridgehead atoms. The SMILES string of the molecule is CC1(OCC(=O)O)CN(C(=O)CSC2CCS(=O)(=O)C2)C1. The van der Waals surface area contributed by atoms with Crippen LogP contribution in [0.1, 0.15) is 13.3 Å². The first-order chi connectivity index (χ1) is 9.69. The predicted octanol–water partition coefficient (Wildman–Crippen LogP) is -0.391. The van der Waals surface area contributed by atoms with Gasteiger partial charge in [0.25, 0.3) is 0 Å². The molecule has 1 amide bonds. The predicted molar refractivity (Wildman–Crippen MR) is 78.1 cm³/mol. The van der Waals surface area contributed by atoms with Crippen LogP contribution < -0.4 is 0 Å². The van der Waals surface area contributed by atoms with Crippen molar-refractivity contribution in [1.29, 1.82) is 0 Å². The van der Waals surface area contributed by atoms with Crippen molar-refractivity contribution in [2.45, 2.75) is 24.2 Å². The number of thioether (sulfide) groups is 1. The highest BCUT2D eigenvalue weighted by molar-refractivity contribution is 8.02. The van der Waals surface area contributed by atoms with E-state index in [9.17, 15) is 18.0 Å². The highest BCUT2D eigenvalue weighted by Crippen LogP contribution is 2.28. The number of aliphatic carboxylic acids is 1. The lowest BCUT2D eigenvalue weighted by atomic mass is 9.96. The first kappa shape index (κ1) is 16.6. The number of nitrogens with zero attached hydrogens (tertiary/aromatic N) is 1. The van der Waals surface area contributed by atoms with E-state index in [0.717, 1.165) is 0 Å². The van der Waals surface area contributed by atoms with Crippen molar-refractivity contribution in [1.82, 2.24) is 4.90 Å². The van der Waals surface area contributed by atoms with Crippen LogP contribution in [0.15, 0.2) is 0 Å². The minimum atomic E-state index is -2.91. The van der Waals surface area contributed by atoms with Crippen LogP contribution in [-0.4, -0.2) is 78.1 Å². The van der Waals surface area contributed by atoms with E-state index in [1.54, 1.807) is 11.8 Å². The van der Waals surface area contributed by atoms with Gasteiger partial charge < -0.3 is 14.7 Å². The summed E-state index contributed by atoms with van der Waals surface area (Å²) in [4.78, 5) is 24.0. The van der Waals surface area contributed by atoms with Crippen molar-refractivity contribution in [2.75, 3.05) is 37.0 Å². The number of sulfone groups is 1. The van der Waals surface area contributed by atoms with Gasteiger partial charge in [0, 0.05) is 5.25 Å². The van der Waals surface area contributed by atoms with Gasteiger partial charge in [0.1, 0.15) is 12.2 Å². The number of carboxylic acids is 1. The minimum absolute atomic E-state index is 0.00914. The fraction of sp³-hybridized carbons (Fsp3) is 0.833. The molecule has 0 aromatic heterocycles. The molecule has 1 atom stereocenters. The monoisotopic (exact) mass is 337 g/mol. The standard InChI is InChI=1S/C12H19NO6S2/c1-12(19-4-11(15)16)7-13(8-12)10(14)5-20-9-2-3-21(17,18)6-9/h9H,2-8H2,1H3,(H,15,16). The summed E-state index contributed by atoms with van der Waals surface area (Å²) in [6.07, 6.45) is 0.611. The Morgan fingerprint density at radius 2 is 2.10 bits per heavy atom. The van der Waals surface area contributed by atoms with Gasteiger partial charge in [-0.25, -0.2) is 13.2 Å². The first-order valence-corrected chi connectivity index (χ1v) is 9.52. The molecule has 21 heavy (non-hydrogen) atoms. The van der Waals surface area contributed by atoms with E-state index in [1.807, 2.05) is 0 Å². The second-order valence-electron chi connectivity index (χ2n) is 5.72. The number of ether oxygens (including phenoxy) is 1. The van der Waals surface area contributed by atoms with Crippen LogP contribution in [0.5, 0.6) is 0 Å². The van der Waals surface area contributed by atoms with Gasteiger partial charge in [-0.3, -0.25) is 4.79 Å². The summed E-state index contributed by atoms with van der Waals surface area (Å²) < 4.78 is 27.9. The van der Waals surface area contributed by atoms with E-state index in [1.165, 1.54) is 11.8 Å². The smallest absolute Gasteiger partial charge is 0.329 e. The highest BCUT2D eigenvalue weighted by atomic mass is 32.2. The Morgan fingerprint density at radius 1 is 1.43 bits per heavy atom. The van der Waals surface area contributed by atoms with Crippen molar-refractivity contribution in [2.24, 2.45) is 0 Å². The summed E-state index contributed by atoms with van der Waals surface area (Å²) in [6.45, 7) is 2.16. The van der Waals surface area contributed by atoms with Crippen LogP contribution in [0.2, 0.25) is 0 Å². The maximum absolute atomic E-state index is 12.0. The summed E-state index contributed by atoms with van der Waals surface area (Å²) in [6, 6.07) is 0. The van der Waals surface area contributed by atoms with Gasteiger partial charge >= 0.3 is 5.97 Å². The van der Waals surface area contributed by atoms with E-state index in [4.69, 9.17) is 9.84 Å². The fourth-order valence-electron chi connectivity index (χ4n) is 2.44. The Labute approximate surface area is 127 Å². The van der Waals surface area contributed by atoms with Crippen LogP contribution in [0, 0.1) is 0 Å². The Balaban J connectivity index is 1.68. The number of likely N-dealkylation sites (tertiary alicyclic amines) is 1. The Kier molecular flexibility index (Phi) is 4.84. The highest BCUT2D eigenvalue weighted by Gasteiger charge is 2.42. The Morgan fingerprint density at radius 3 is 2.62 bits per heavy atom. The average molecular weight is 337 g/mol. The third kappa shape index (κ3) is 4.58.